The van der Waals surface area contributed by atoms with Crippen LogP contribution in [0.4, 0.5) is 10.1 Å². The van der Waals surface area contributed by atoms with Gasteiger partial charge in [0.25, 0.3) is 0 Å². The molecule has 0 saturated carbocycles. The number of hydrogen-bond acceptors (Lipinski definition) is 4. The third kappa shape index (κ3) is 7.39. The number of anilines is 1. The Hall–Kier alpha value is -3.71. The first-order chi connectivity index (χ1) is 17.1. The topological polar surface area (TPSA) is 64.7 Å². The molecule has 1 saturated heterocycles. The number of carbonyl (C=O) groups excluding carboxylic acids is 2. The minimum atomic E-state index is -0.384. The fourth-order valence-corrected chi connectivity index (χ4v) is 4.26. The fraction of sp³-hybridized carbons (Fsp3) is 0.286. The Labute approximate surface area is 205 Å². The summed E-state index contributed by atoms with van der Waals surface area (Å²) in [6.45, 7) is 5.05. The van der Waals surface area contributed by atoms with Crippen LogP contribution in [-0.2, 0) is 29.1 Å². The highest BCUT2D eigenvalue weighted by Gasteiger charge is 2.18. The second kappa shape index (κ2) is 12.1. The Morgan fingerprint density at radius 1 is 0.771 bits per heavy atom. The van der Waals surface area contributed by atoms with Gasteiger partial charge in [-0.1, -0.05) is 54.6 Å². The molecule has 3 aromatic rings. The fourth-order valence-electron chi connectivity index (χ4n) is 4.26. The van der Waals surface area contributed by atoms with Crippen LogP contribution in [0.15, 0.2) is 78.9 Å². The van der Waals surface area contributed by atoms with Crippen LogP contribution in [0.3, 0.4) is 0 Å². The summed E-state index contributed by atoms with van der Waals surface area (Å²) in [6.07, 6.45) is 0.0331. The highest BCUT2D eigenvalue weighted by atomic mass is 19.1. The van der Waals surface area contributed by atoms with E-state index in [2.05, 4.69) is 50.8 Å². The van der Waals surface area contributed by atoms with Crippen molar-refractivity contribution in [3.8, 4) is 0 Å². The number of nitrogens with one attached hydrogen (secondary N) is 2. The second-order valence-corrected chi connectivity index (χ2v) is 8.73. The minimum absolute atomic E-state index is 0.0331. The average molecular weight is 475 g/mol. The van der Waals surface area contributed by atoms with Crippen LogP contribution in [-0.4, -0.2) is 49.4 Å². The summed E-state index contributed by atoms with van der Waals surface area (Å²) >= 11 is 0. The van der Waals surface area contributed by atoms with Gasteiger partial charge in [-0.3, -0.25) is 14.5 Å². The normalized spacial score (nSPS) is 13.9. The maximum atomic E-state index is 13.3. The van der Waals surface area contributed by atoms with Gasteiger partial charge in [0.2, 0.25) is 11.8 Å². The first kappa shape index (κ1) is 24.4. The van der Waals surface area contributed by atoms with Crippen LogP contribution in [0, 0.1) is 5.82 Å². The molecule has 0 unspecified atom stereocenters. The molecule has 6 nitrogen and oxygen atoms in total. The van der Waals surface area contributed by atoms with Gasteiger partial charge in [0.1, 0.15) is 5.82 Å². The van der Waals surface area contributed by atoms with Gasteiger partial charge in [-0.25, -0.2) is 4.39 Å². The summed E-state index contributed by atoms with van der Waals surface area (Å²) in [5, 5.41) is 5.49. The monoisotopic (exact) mass is 474 g/mol. The molecule has 4 rings (SSSR count). The molecule has 35 heavy (non-hydrogen) atoms. The van der Waals surface area contributed by atoms with Crippen LogP contribution in [0.5, 0.6) is 0 Å². The highest BCUT2D eigenvalue weighted by molar-refractivity contribution is 5.85. The molecule has 0 aromatic heterocycles. The predicted molar refractivity (Wildman–Crippen MR) is 135 cm³/mol. The summed E-state index contributed by atoms with van der Waals surface area (Å²) in [7, 11) is 0. The zero-order valence-corrected chi connectivity index (χ0v) is 19.8. The lowest BCUT2D eigenvalue weighted by Gasteiger charge is -2.36. The van der Waals surface area contributed by atoms with Crippen molar-refractivity contribution in [1.82, 2.24) is 15.5 Å². The molecule has 0 aliphatic carbocycles. The number of hydrogen-bond donors (Lipinski definition) is 2. The molecule has 2 N–H and O–H groups in total. The Kier molecular flexibility index (Phi) is 8.46. The van der Waals surface area contributed by atoms with E-state index in [0.717, 1.165) is 38.3 Å². The van der Waals surface area contributed by atoms with Crippen LogP contribution in [0.2, 0.25) is 0 Å². The lowest BCUT2D eigenvalue weighted by atomic mass is 10.1. The molecule has 3 aromatic carbocycles. The van der Waals surface area contributed by atoms with Gasteiger partial charge in [0, 0.05) is 45.0 Å². The van der Waals surface area contributed by atoms with Gasteiger partial charge >= 0.3 is 0 Å². The smallest absolute Gasteiger partial charge is 0.239 e. The van der Waals surface area contributed by atoms with E-state index in [-0.39, 0.29) is 30.6 Å². The number of carbonyl (C=O) groups is 2. The lowest BCUT2D eigenvalue weighted by Crippen LogP contribution is -2.46. The lowest BCUT2D eigenvalue weighted by molar-refractivity contribution is -0.125. The van der Waals surface area contributed by atoms with Gasteiger partial charge in [0.15, 0.2) is 0 Å². The standard InChI is InChI=1S/C28H31FN4O2/c29-25-10-6-7-22(17-25)18-27(34)31-20-28(35)30-19-23-8-4-5-9-24(23)21-32-13-15-33(16-14-32)26-11-2-1-3-12-26/h1-12,17H,13-16,18-21H2,(H,30,35)(H,31,34). The van der Waals surface area contributed by atoms with Gasteiger partial charge in [-0.2, -0.15) is 0 Å². The molecule has 0 bridgehead atoms. The molecule has 1 aliphatic rings. The Morgan fingerprint density at radius 2 is 1.49 bits per heavy atom. The summed E-state index contributed by atoms with van der Waals surface area (Å²) in [6, 6.07) is 24.5. The van der Waals surface area contributed by atoms with Crippen LogP contribution < -0.4 is 15.5 Å². The third-order valence-electron chi connectivity index (χ3n) is 6.18. The van der Waals surface area contributed by atoms with Crippen molar-refractivity contribution in [2.45, 2.75) is 19.5 Å². The Bertz CT molecular complexity index is 1130. The number of amides is 2. The molecule has 1 fully saturated rings. The minimum Gasteiger partial charge on any atom is -0.369 e. The zero-order chi connectivity index (χ0) is 24.5. The van der Waals surface area contributed by atoms with Crippen molar-refractivity contribution in [3.05, 3.63) is 101 Å². The zero-order valence-electron chi connectivity index (χ0n) is 19.8. The summed E-state index contributed by atoms with van der Waals surface area (Å²) in [4.78, 5) is 29.2. The second-order valence-electron chi connectivity index (χ2n) is 8.73. The van der Waals surface area contributed by atoms with Crippen molar-refractivity contribution < 1.29 is 14.0 Å². The Balaban J connectivity index is 1.22. The van der Waals surface area contributed by atoms with Crippen LogP contribution in [0.25, 0.3) is 0 Å². The number of halogens is 1. The van der Waals surface area contributed by atoms with E-state index in [0.29, 0.717) is 12.1 Å². The van der Waals surface area contributed by atoms with E-state index >= 15 is 0 Å². The quantitative estimate of drug-likeness (QED) is 0.500. The molecule has 0 radical (unpaired) electrons. The number of piperazine rings is 1. The third-order valence-corrected chi connectivity index (χ3v) is 6.18. The summed E-state index contributed by atoms with van der Waals surface area (Å²) < 4.78 is 13.3. The molecule has 0 atom stereocenters. The van der Waals surface area contributed by atoms with Crippen molar-refractivity contribution in [3.63, 3.8) is 0 Å². The Morgan fingerprint density at radius 3 is 2.23 bits per heavy atom. The first-order valence-corrected chi connectivity index (χ1v) is 11.9. The van der Waals surface area contributed by atoms with Crippen molar-refractivity contribution in [2.75, 3.05) is 37.6 Å². The molecule has 1 aliphatic heterocycles. The number of nitrogens with zero attached hydrogens (tertiary/aromatic N) is 2. The molecule has 1 heterocycles. The molecule has 0 spiro atoms. The van der Waals surface area contributed by atoms with Crippen molar-refractivity contribution in [2.24, 2.45) is 0 Å². The van der Waals surface area contributed by atoms with E-state index in [1.54, 1.807) is 12.1 Å². The van der Waals surface area contributed by atoms with E-state index in [1.165, 1.54) is 23.4 Å². The predicted octanol–water partition coefficient (Wildman–Crippen LogP) is 3.12. The number of para-hydroxylation sites is 1. The van der Waals surface area contributed by atoms with Gasteiger partial charge in [0.05, 0.1) is 13.0 Å². The number of benzene rings is 3. The maximum Gasteiger partial charge on any atom is 0.239 e. The van der Waals surface area contributed by atoms with Crippen LogP contribution >= 0.6 is 0 Å². The van der Waals surface area contributed by atoms with E-state index in [9.17, 15) is 14.0 Å². The molecule has 182 valence electrons. The first-order valence-electron chi connectivity index (χ1n) is 11.9. The van der Waals surface area contributed by atoms with E-state index < -0.39 is 0 Å². The van der Waals surface area contributed by atoms with Gasteiger partial charge in [-0.05, 0) is 41.0 Å². The largest absolute Gasteiger partial charge is 0.369 e. The van der Waals surface area contributed by atoms with E-state index in [1.807, 2.05) is 24.3 Å². The highest BCUT2D eigenvalue weighted by Crippen LogP contribution is 2.18. The SMILES string of the molecule is O=C(CNC(=O)Cc1cccc(F)c1)NCc1ccccc1CN1CCN(c2ccccc2)CC1. The van der Waals surface area contributed by atoms with Crippen LogP contribution in [0.1, 0.15) is 16.7 Å². The summed E-state index contributed by atoms with van der Waals surface area (Å²) in [5.74, 6) is -0.963. The average Bonchev–Trinajstić information content (AvgIpc) is 2.88. The van der Waals surface area contributed by atoms with Crippen molar-refractivity contribution >= 4 is 17.5 Å². The molecular formula is C28H31FN4O2. The summed E-state index contributed by atoms with van der Waals surface area (Å²) in [5.41, 5.74) is 4.09. The molecular weight excluding hydrogens is 443 g/mol. The number of rotatable bonds is 9. The van der Waals surface area contributed by atoms with Gasteiger partial charge in [-0.15, -0.1) is 0 Å². The molecule has 2 amide bonds. The van der Waals surface area contributed by atoms with E-state index in [4.69, 9.17) is 0 Å². The maximum absolute atomic E-state index is 13.3. The van der Waals surface area contributed by atoms with Crippen molar-refractivity contribution in [1.29, 1.82) is 0 Å². The van der Waals surface area contributed by atoms with Gasteiger partial charge < -0.3 is 15.5 Å². The molecule has 7 heteroatoms.